The van der Waals surface area contributed by atoms with Crippen LogP contribution in [-0.2, 0) is 22.6 Å². The lowest BCUT2D eigenvalue weighted by atomic mass is 10.3. The van der Waals surface area contributed by atoms with Crippen molar-refractivity contribution in [3.8, 4) is 0 Å². The van der Waals surface area contributed by atoms with Crippen LogP contribution in [0, 0.1) is 0 Å². The van der Waals surface area contributed by atoms with Crippen molar-refractivity contribution in [1.82, 2.24) is 25.6 Å². The highest BCUT2D eigenvalue weighted by Gasteiger charge is 2.19. The zero-order valence-electron chi connectivity index (χ0n) is 11.3. The van der Waals surface area contributed by atoms with Crippen LogP contribution in [0.4, 0.5) is 4.79 Å². The van der Waals surface area contributed by atoms with Gasteiger partial charge in [0.1, 0.15) is 6.54 Å². The molecule has 0 atom stereocenters. The molecular formula is C10H16N6O5. The predicted octanol–water partition coefficient (Wildman–Crippen LogP) is -2.09. The fourth-order valence-corrected chi connectivity index (χ4v) is 1.44. The molecule has 21 heavy (non-hydrogen) atoms. The molecule has 0 saturated heterocycles. The van der Waals surface area contributed by atoms with Crippen molar-refractivity contribution in [3.63, 3.8) is 0 Å². The molecule has 11 nitrogen and oxygen atoms in total. The maximum absolute atomic E-state index is 11.6. The first-order valence-electron chi connectivity index (χ1n) is 5.92. The van der Waals surface area contributed by atoms with Crippen molar-refractivity contribution < 1.29 is 24.2 Å². The summed E-state index contributed by atoms with van der Waals surface area (Å²) in [4.78, 5) is 33.8. The molecule has 0 radical (unpaired) electrons. The van der Waals surface area contributed by atoms with Crippen molar-refractivity contribution >= 4 is 17.9 Å². The van der Waals surface area contributed by atoms with Crippen molar-refractivity contribution in [1.29, 1.82) is 0 Å². The van der Waals surface area contributed by atoms with Gasteiger partial charge in [0.15, 0.2) is 5.69 Å². The number of carbonyl (C=O) groups excluding carboxylic acids is 2. The summed E-state index contributed by atoms with van der Waals surface area (Å²) < 4.78 is 5.76. The standard InChI is InChI=1S/C10H16N6O5/c1-21-3-2-12-10(20)13-7(17)5-16-6(4-11)8(9(18)19)14-15-16/h2-5,11H2,1H3,(H,18,19)(H2,12,13,17,20). The summed E-state index contributed by atoms with van der Waals surface area (Å²) in [5.74, 6) is -1.97. The topological polar surface area (TPSA) is 161 Å². The summed E-state index contributed by atoms with van der Waals surface area (Å²) in [5, 5.41) is 20.3. The van der Waals surface area contributed by atoms with Gasteiger partial charge in [-0.1, -0.05) is 5.21 Å². The van der Waals surface area contributed by atoms with Crippen LogP contribution in [0.1, 0.15) is 16.2 Å². The highest BCUT2D eigenvalue weighted by Crippen LogP contribution is 2.04. The number of hydrogen-bond donors (Lipinski definition) is 4. The maximum Gasteiger partial charge on any atom is 0.358 e. The van der Waals surface area contributed by atoms with E-state index in [1.807, 2.05) is 0 Å². The Bertz CT molecular complexity index is 528. The third-order valence-electron chi connectivity index (χ3n) is 2.37. The van der Waals surface area contributed by atoms with E-state index in [2.05, 4.69) is 20.9 Å². The number of imide groups is 1. The van der Waals surface area contributed by atoms with E-state index < -0.39 is 17.9 Å². The van der Waals surface area contributed by atoms with Crippen molar-refractivity contribution in [2.75, 3.05) is 20.3 Å². The lowest BCUT2D eigenvalue weighted by molar-refractivity contribution is -0.120. The van der Waals surface area contributed by atoms with Gasteiger partial charge in [-0.25, -0.2) is 14.3 Å². The zero-order valence-corrected chi connectivity index (χ0v) is 11.3. The molecule has 1 rings (SSSR count). The minimum atomic E-state index is -1.29. The Hall–Kier alpha value is -2.53. The molecule has 0 aliphatic carbocycles. The van der Waals surface area contributed by atoms with Gasteiger partial charge < -0.3 is 20.9 Å². The third kappa shape index (κ3) is 4.81. The summed E-state index contributed by atoms with van der Waals surface area (Å²) in [6.45, 7) is 0.0343. The summed E-state index contributed by atoms with van der Waals surface area (Å²) >= 11 is 0. The first-order chi connectivity index (χ1) is 9.99. The van der Waals surface area contributed by atoms with E-state index >= 15 is 0 Å². The van der Waals surface area contributed by atoms with Gasteiger partial charge in [-0.2, -0.15) is 0 Å². The Morgan fingerprint density at radius 3 is 2.71 bits per heavy atom. The number of nitrogens with one attached hydrogen (secondary N) is 2. The smallest absolute Gasteiger partial charge is 0.358 e. The Labute approximate surface area is 119 Å². The molecule has 1 aromatic rings. The molecule has 0 aliphatic heterocycles. The molecule has 1 heterocycles. The van der Waals surface area contributed by atoms with E-state index in [0.29, 0.717) is 6.61 Å². The van der Waals surface area contributed by atoms with E-state index in [9.17, 15) is 14.4 Å². The van der Waals surface area contributed by atoms with Gasteiger partial charge in [0, 0.05) is 20.2 Å². The van der Waals surface area contributed by atoms with Gasteiger partial charge in [0.05, 0.1) is 12.3 Å². The molecule has 0 fully saturated rings. The highest BCUT2D eigenvalue weighted by molar-refractivity contribution is 5.94. The van der Waals surface area contributed by atoms with Crippen molar-refractivity contribution in [2.24, 2.45) is 5.73 Å². The molecule has 0 unspecified atom stereocenters. The number of nitrogens with two attached hydrogens (primary N) is 1. The number of ether oxygens (including phenoxy) is 1. The third-order valence-corrected chi connectivity index (χ3v) is 2.37. The van der Waals surface area contributed by atoms with E-state index in [1.165, 1.54) is 7.11 Å². The average molecular weight is 300 g/mol. The molecular weight excluding hydrogens is 284 g/mol. The van der Waals surface area contributed by atoms with Gasteiger partial charge in [0.2, 0.25) is 5.91 Å². The van der Waals surface area contributed by atoms with Crippen LogP contribution in [0.5, 0.6) is 0 Å². The Balaban J connectivity index is 2.59. The molecule has 1 aromatic heterocycles. The Morgan fingerprint density at radius 2 is 2.14 bits per heavy atom. The first kappa shape index (κ1) is 16.5. The lowest BCUT2D eigenvalue weighted by Crippen LogP contribution is -2.42. The molecule has 0 aromatic carbocycles. The molecule has 116 valence electrons. The summed E-state index contributed by atoms with van der Waals surface area (Å²) in [6, 6.07) is -0.690. The van der Waals surface area contributed by atoms with Crippen LogP contribution >= 0.6 is 0 Å². The number of urea groups is 1. The summed E-state index contributed by atoms with van der Waals surface area (Å²) in [7, 11) is 1.48. The van der Waals surface area contributed by atoms with Gasteiger partial charge in [0.25, 0.3) is 0 Å². The van der Waals surface area contributed by atoms with E-state index in [1.54, 1.807) is 0 Å². The molecule has 3 amide bonds. The number of methoxy groups -OCH3 is 1. The molecule has 5 N–H and O–H groups in total. The summed E-state index contributed by atoms with van der Waals surface area (Å²) in [6.07, 6.45) is 0. The van der Waals surface area contributed by atoms with Crippen LogP contribution in [0.15, 0.2) is 0 Å². The number of carboxylic acid groups (broad SMARTS) is 1. The monoisotopic (exact) mass is 300 g/mol. The second kappa shape index (κ2) is 7.91. The molecule has 0 bridgehead atoms. The molecule has 11 heteroatoms. The van der Waals surface area contributed by atoms with Crippen LogP contribution in [0.3, 0.4) is 0 Å². The number of rotatable bonds is 7. The van der Waals surface area contributed by atoms with Crippen LogP contribution < -0.4 is 16.4 Å². The number of amides is 3. The van der Waals surface area contributed by atoms with Crippen molar-refractivity contribution in [2.45, 2.75) is 13.1 Å². The quantitative estimate of drug-likeness (QED) is 0.416. The largest absolute Gasteiger partial charge is 0.476 e. The summed E-state index contributed by atoms with van der Waals surface area (Å²) in [5.41, 5.74) is 5.17. The van der Waals surface area contributed by atoms with E-state index in [0.717, 1.165) is 4.68 Å². The zero-order chi connectivity index (χ0) is 15.8. The van der Waals surface area contributed by atoms with Crippen LogP contribution in [0.2, 0.25) is 0 Å². The minimum absolute atomic E-state index is 0.0949. The average Bonchev–Trinajstić information content (AvgIpc) is 2.81. The maximum atomic E-state index is 11.6. The number of aromatic carboxylic acids is 1. The number of carboxylic acids is 1. The fraction of sp³-hybridized carbons (Fsp3) is 0.500. The second-order valence-corrected chi connectivity index (χ2v) is 3.85. The second-order valence-electron chi connectivity index (χ2n) is 3.85. The van der Waals surface area contributed by atoms with Crippen molar-refractivity contribution in [3.05, 3.63) is 11.4 Å². The van der Waals surface area contributed by atoms with Gasteiger partial charge in [-0.05, 0) is 0 Å². The van der Waals surface area contributed by atoms with Crippen LogP contribution in [-0.4, -0.2) is 58.3 Å². The van der Waals surface area contributed by atoms with Crippen LogP contribution in [0.25, 0.3) is 0 Å². The normalized spacial score (nSPS) is 10.2. The number of nitrogens with zero attached hydrogens (tertiary/aromatic N) is 3. The predicted molar refractivity (Wildman–Crippen MR) is 68.3 cm³/mol. The Kier molecular flexibility index (Phi) is 6.23. The fourth-order valence-electron chi connectivity index (χ4n) is 1.44. The molecule has 0 spiro atoms. The number of hydrogen-bond acceptors (Lipinski definition) is 7. The van der Waals surface area contributed by atoms with Gasteiger partial charge in [-0.15, -0.1) is 5.10 Å². The van der Waals surface area contributed by atoms with E-state index in [4.69, 9.17) is 15.6 Å². The number of aromatic nitrogens is 3. The lowest BCUT2D eigenvalue weighted by Gasteiger charge is -2.07. The minimum Gasteiger partial charge on any atom is -0.476 e. The van der Waals surface area contributed by atoms with Gasteiger partial charge >= 0.3 is 12.0 Å². The highest BCUT2D eigenvalue weighted by atomic mass is 16.5. The number of carbonyl (C=O) groups is 3. The molecule has 0 aliphatic rings. The SMILES string of the molecule is COCCNC(=O)NC(=O)Cn1nnc(C(=O)O)c1CN. The first-order valence-corrected chi connectivity index (χ1v) is 5.92. The van der Waals surface area contributed by atoms with E-state index in [-0.39, 0.29) is 31.0 Å². The Morgan fingerprint density at radius 1 is 1.43 bits per heavy atom. The molecule has 0 saturated carbocycles. The van der Waals surface area contributed by atoms with Gasteiger partial charge in [-0.3, -0.25) is 10.1 Å².